The van der Waals surface area contributed by atoms with Gasteiger partial charge in [0.15, 0.2) is 0 Å². The zero-order valence-electron chi connectivity index (χ0n) is 15.7. The Hall–Kier alpha value is -3.73. The first-order valence-electron chi connectivity index (χ1n) is 8.64. The van der Waals surface area contributed by atoms with Crippen LogP contribution < -0.4 is 15.4 Å². The van der Waals surface area contributed by atoms with E-state index in [0.717, 1.165) is 6.07 Å². The average Bonchev–Trinajstić information content (AvgIpc) is 3.00. The molecule has 0 aliphatic carbocycles. The highest BCUT2D eigenvalue weighted by Gasteiger charge is 2.28. The van der Waals surface area contributed by atoms with Crippen LogP contribution in [-0.2, 0) is 30.8 Å². The Bertz CT molecular complexity index is 1140. The van der Waals surface area contributed by atoms with Crippen molar-refractivity contribution in [2.24, 2.45) is 0 Å². The number of esters is 1. The molecule has 156 valence electrons. The van der Waals surface area contributed by atoms with E-state index in [-0.39, 0.29) is 40.6 Å². The molecule has 10 nitrogen and oxygen atoms in total. The van der Waals surface area contributed by atoms with E-state index >= 15 is 0 Å². The summed E-state index contributed by atoms with van der Waals surface area (Å²) in [5, 5.41) is 4.50. The zero-order valence-corrected chi connectivity index (χ0v) is 16.5. The number of ether oxygens (including phenoxy) is 1. The lowest BCUT2D eigenvalue weighted by Crippen LogP contribution is -2.31. The van der Waals surface area contributed by atoms with Crippen LogP contribution in [0.5, 0.6) is 0 Å². The zero-order chi connectivity index (χ0) is 21.9. The molecule has 0 saturated heterocycles. The molecule has 0 atom stereocenters. The van der Waals surface area contributed by atoms with Crippen LogP contribution in [0.25, 0.3) is 0 Å². The Kier molecular flexibility index (Phi) is 5.83. The van der Waals surface area contributed by atoms with Gasteiger partial charge in [-0.25, -0.2) is 8.42 Å². The fourth-order valence-electron chi connectivity index (χ4n) is 2.71. The molecule has 1 aliphatic heterocycles. The molecule has 0 radical (unpaired) electrons. The maximum absolute atomic E-state index is 12.6. The third kappa shape index (κ3) is 4.63. The molecule has 0 fully saturated rings. The number of nitrogens with one attached hydrogen (secondary N) is 3. The largest absolute Gasteiger partial charge is 0.468 e. The molecule has 1 heterocycles. The number of amides is 3. The number of benzene rings is 2. The molecule has 0 spiro atoms. The van der Waals surface area contributed by atoms with Crippen LogP contribution in [0.2, 0.25) is 0 Å². The second-order valence-corrected chi connectivity index (χ2v) is 8.01. The minimum Gasteiger partial charge on any atom is -0.468 e. The highest BCUT2D eigenvalue weighted by atomic mass is 32.2. The maximum Gasteiger partial charge on any atom is 0.325 e. The monoisotopic (exact) mass is 431 g/mol. The summed E-state index contributed by atoms with van der Waals surface area (Å²) in [6.07, 6.45) is -0.00200. The van der Waals surface area contributed by atoms with Crippen molar-refractivity contribution in [3.8, 4) is 0 Å². The highest BCUT2D eigenvalue weighted by molar-refractivity contribution is 7.92. The van der Waals surface area contributed by atoms with Gasteiger partial charge in [0.05, 0.1) is 29.6 Å². The number of hydrogen-bond donors (Lipinski definition) is 3. The van der Waals surface area contributed by atoms with Crippen LogP contribution >= 0.6 is 0 Å². The summed E-state index contributed by atoms with van der Waals surface area (Å²) in [7, 11) is -2.79. The van der Waals surface area contributed by atoms with Crippen molar-refractivity contribution in [2.75, 3.05) is 18.4 Å². The van der Waals surface area contributed by atoms with Crippen molar-refractivity contribution in [1.82, 2.24) is 10.6 Å². The molecule has 1 aliphatic rings. The van der Waals surface area contributed by atoms with Crippen LogP contribution in [0.3, 0.4) is 0 Å². The number of carbonyl (C=O) groups excluding carboxylic acids is 4. The van der Waals surface area contributed by atoms with Crippen molar-refractivity contribution in [3.05, 3.63) is 59.2 Å². The third-order valence-corrected chi connectivity index (χ3v) is 5.63. The van der Waals surface area contributed by atoms with Gasteiger partial charge >= 0.3 is 5.97 Å². The number of anilines is 1. The summed E-state index contributed by atoms with van der Waals surface area (Å²) in [5.74, 6) is -2.18. The molecule has 0 bridgehead atoms. The summed E-state index contributed by atoms with van der Waals surface area (Å²) in [6.45, 7) is -0.238. The molecule has 3 amide bonds. The first-order valence-corrected chi connectivity index (χ1v) is 10.1. The van der Waals surface area contributed by atoms with Gasteiger partial charge in [0.1, 0.15) is 6.54 Å². The van der Waals surface area contributed by atoms with Crippen LogP contribution in [0.4, 0.5) is 5.69 Å². The second-order valence-electron chi connectivity index (χ2n) is 6.32. The van der Waals surface area contributed by atoms with Gasteiger partial charge in [-0.3, -0.25) is 29.2 Å². The molecular formula is C19H17N3O7S. The van der Waals surface area contributed by atoms with E-state index < -0.39 is 27.8 Å². The van der Waals surface area contributed by atoms with Gasteiger partial charge < -0.3 is 10.1 Å². The van der Waals surface area contributed by atoms with Gasteiger partial charge in [-0.2, -0.15) is 0 Å². The minimum atomic E-state index is -4.00. The summed E-state index contributed by atoms with van der Waals surface area (Å²) in [5.41, 5.74) is 0.966. The Morgan fingerprint density at radius 3 is 2.33 bits per heavy atom. The lowest BCUT2D eigenvalue weighted by atomic mass is 10.1. The molecule has 2 aromatic rings. The number of hydrogen-bond acceptors (Lipinski definition) is 7. The van der Waals surface area contributed by atoms with Gasteiger partial charge in [-0.15, -0.1) is 0 Å². The van der Waals surface area contributed by atoms with Gasteiger partial charge in [0, 0.05) is 5.69 Å². The number of carbonyl (C=O) groups is 4. The number of rotatable bonds is 7. The van der Waals surface area contributed by atoms with Crippen LogP contribution in [-0.4, -0.2) is 45.8 Å². The molecule has 0 saturated carbocycles. The maximum atomic E-state index is 12.6. The van der Waals surface area contributed by atoms with Crippen molar-refractivity contribution in [2.45, 2.75) is 11.3 Å². The Balaban J connectivity index is 1.67. The first-order chi connectivity index (χ1) is 14.2. The van der Waals surface area contributed by atoms with Gasteiger partial charge in [0.25, 0.3) is 21.8 Å². The highest BCUT2D eigenvalue weighted by Crippen LogP contribution is 2.22. The van der Waals surface area contributed by atoms with Crippen LogP contribution in [0, 0.1) is 0 Å². The molecular weight excluding hydrogens is 414 g/mol. The fourth-order valence-corrected chi connectivity index (χ4v) is 3.79. The van der Waals surface area contributed by atoms with Crippen molar-refractivity contribution < 1.29 is 32.3 Å². The molecule has 0 unspecified atom stereocenters. The SMILES string of the molecule is COC(=O)CNC(=O)Cc1ccc(NS(=O)(=O)c2ccc3c(c2)C(=O)NC3=O)cc1. The molecule has 3 N–H and O–H groups in total. The number of imide groups is 1. The number of sulfonamides is 1. The molecule has 3 rings (SSSR count). The number of fused-ring (bicyclic) bond motifs is 1. The molecule has 11 heteroatoms. The summed E-state index contributed by atoms with van der Waals surface area (Å²) in [4.78, 5) is 45.9. The normalized spacial score (nSPS) is 12.7. The van der Waals surface area contributed by atoms with Crippen LogP contribution in [0.1, 0.15) is 26.3 Å². The predicted molar refractivity (Wildman–Crippen MR) is 104 cm³/mol. The third-order valence-electron chi connectivity index (χ3n) is 4.25. The average molecular weight is 431 g/mol. The van der Waals surface area contributed by atoms with E-state index in [1.54, 1.807) is 12.1 Å². The summed E-state index contributed by atoms with van der Waals surface area (Å²) in [6, 6.07) is 9.72. The van der Waals surface area contributed by atoms with E-state index in [4.69, 9.17) is 0 Å². The van der Waals surface area contributed by atoms with Crippen LogP contribution in [0.15, 0.2) is 47.4 Å². The standard InChI is InChI=1S/C19H17N3O7S/c1-29-17(24)10-20-16(23)8-11-2-4-12(5-3-11)22-30(27,28)13-6-7-14-15(9-13)19(26)21-18(14)25/h2-7,9,22H,8,10H2,1H3,(H,20,23)(H,21,25,26). The summed E-state index contributed by atoms with van der Waals surface area (Å²) < 4.78 is 32.0. The smallest absolute Gasteiger partial charge is 0.325 e. The van der Waals surface area contributed by atoms with Crippen molar-refractivity contribution >= 4 is 39.4 Å². The summed E-state index contributed by atoms with van der Waals surface area (Å²) >= 11 is 0. The van der Waals surface area contributed by atoms with Crippen molar-refractivity contribution in [1.29, 1.82) is 0 Å². The molecule has 0 aromatic heterocycles. The number of methoxy groups -OCH3 is 1. The Morgan fingerprint density at radius 2 is 1.67 bits per heavy atom. The van der Waals surface area contributed by atoms with Gasteiger partial charge in [0.2, 0.25) is 5.91 Å². The first kappa shape index (κ1) is 21.0. The topological polar surface area (TPSA) is 148 Å². The van der Waals surface area contributed by atoms with Crippen molar-refractivity contribution in [3.63, 3.8) is 0 Å². The quantitative estimate of drug-likeness (QED) is 0.419. The fraction of sp³-hybridized carbons (Fsp3) is 0.158. The van der Waals surface area contributed by atoms with Gasteiger partial charge in [-0.05, 0) is 35.9 Å². The Labute approximate surface area is 171 Å². The van der Waals surface area contributed by atoms with E-state index in [1.807, 2.05) is 0 Å². The lowest BCUT2D eigenvalue weighted by Gasteiger charge is -2.10. The predicted octanol–water partition coefficient (Wildman–Crippen LogP) is 0.203. The Morgan fingerprint density at radius 1 is 1.00 bits per heavy atom. The molecule has 30 heavy (non-hydrogen) atoms. The lowest BCUT2D eigenvalue weighted by molar-refractivity contribution is -0.141. The van der Waals surface area contributed by atoms with E-state index in [1.165, 1.54) is 31.4 Å². The second kappa shape index (κ2) is 8.33. The van der Waals surface area contributed by atoms with E-state index in [0.29, 0.717) is 5.56 Å². The van der Waals surface area contributed by atoms with Gasteiger partial charge in [-0.1, -0.05) is 12.1 Å². The molecule has 2 aromatic carbocycles. The van der Waals surface area contributed by atoms with E-state index in [2.05, 4.69) is 20.1 Å². The van der Waals surface area contributed by atoms with E-state index in [9.17, 15) is 27.6 Å². The minimum absolute atomic E-state index is 0.00200.